The zero-order valence-corrected chi connectivity index (χ0v) is 9.04. The number of aliphatic hydroxyl groups is 1. The van der Waals surface area contributed by atoms with Crippen molar-refractivity contribution in [2.75, 3.05) is 26.3 Å². The Bertz CT molecular complexity index is 184. The van der Waals surface area contributed by atoms with E-state index in [9.17, 15) is 5.11 Å². The number of hydrogen-bond donors (Lipinski definition) is 1. The molecule has 0 radical (unpaired) electrons. The lowest BCUT2D eigenvalue weighted by atomic mass is 9.92. The molecule has 1 heterocycles. The van der Waals surface area contributed by atoms with Gasteiger partial charge in [-0.1, -0.05) is 0 Å². The van der Waals surface area contributed by atoms with Crippen LogP contribution in [0.4, 0.5) is 0 Å². The van der Waals surface area contributed by atoms with Crippen molar-refractivity contribution >= 4 is 0 Å². The van der Waals surface area contributed by atoms with Gasteiger partial charge < -0.3 is 14.7 Å². The highest BCUT2D eigenvalue weighted by Gasteiger charge is 2.39. The highest BCUT2D eigenvalue weighted by atomic mass is 16.5. The molecule has 0 aromatic carbocycles. The quantitative estimate of drug-likeness (QED) is 0.733. The smallest absolute Gasteiger partial charge is 0.0936 e. The molecule has 0 bridgehead atoms. The molecule has 0 atom stereocenters. The first-order valence-corrected chi connectivity index (χ1v) is 5.78. The lowest BCUT2D eigenvalue weighted by molar-refractivity contribution is -0.109. The molecule has 1 aliphatic carbocycles. The van der Waals surface area contributed by atoms with Crippen LogP contribution >= 0.6 is 0 Å². The van der Waals surface area contributed by atoms with Gasteiger partial charge in [0.15, 0.2) is 0 Å². The van der Waals surface area contributed by atoms with Crippen LogP contribution in [0.1, 0.15) is 32.6 Å². The van der Waals surface area contributed by atoms with Crippen molar-refractivity contribution in [3.05, 3.63) is 0 Å². The number of likely N-dealkylation sites (tertiary alicyclic amines) is 1. The van der Waals surface area contributed by atoms with Crippen LogP contribution in [0.25, 0.3) is 0 Å². The predicted molar refractivity (Wildman–Crippen MR) is 55.3 cm³/mol. The Balaban J connectivity index is 1.84. The summed E-state index contributed by atoms with van der Waals surface area (Å²) in [5.41, 5.74) is -0.222. The number of rotatable bonds is 4. The Morgan fingerprint density at radius 3 is 2.43 bits per heavy atom. The molecule has 0 aromatic rings. The van der Waals surface area contributed by atoms with Gasteiger partial charge >= 0.3 is 0 Å². The topological polar surface area (TPSA) is 32.7 Å². The van der Waals surface area contributed by atoms with Crippen molar-refractivity contribution in [3.8, 4) is 0 Å². The molecule has 0 spiro atoms. The average Bonchev–Trinajstić information content (AvgIpc) is 3.03. The predicted octanol–water partition coefficient (Wildman–Crippen LogP) is 1.01. The lowest BCUT2D eigenvalue weighted by Gasteiger charge is -2.40. The normalized spacial score (nSPS) is 27.9. The molecular weight excluding hydrogens is 178 g/mol. The molecule has 1 N–H and O–H groups in total. The van der Waals surface area contributed by atoms with Gasteiger partial charge in [0, 0.05) is 25.7 Å². The average molecular weight is 199 g/mol. The largest absolute Gasteiger partial charge is 0.393 e. The number of ether oxygens (including phenoxy) is 1. The molecule has 1 aliphatic heterocycles. The van der Waals surface area contributed by atoms with Crippen LogP contribution in [0, 0.1) is 0 Å². The zero-order chi connectivity index (χ0) is 10.0. The maximum atomic E-state index is 9.37. The molecule has 2 aliphatic rings. The van der Waals surface area contributed by atoms with E-state index in [1.165, 1.54) is 12.8 Å². The second-order valence-corrected chi connectivity index (χ2v) is 4.54. The van der Waals surface area contributed by atoms with Crippen molar-refractivity contribution in [1.82, 2.24) is 4.90 Å². The van der Waals surface area contributed by atoms with Crippen molar-refractivity contribution in [2.24, 2.45) is 0 Å². The van der Waals surface area contributed by atoms with Gasteiger partial charge in [-0.15, -0.1) is 0 Å². The van der Waals surface area contributed by atoms with Crippen LogP contribution in [0.5, 0.6) is 0 Å². The highest BCUT2D eigenvalue weighted by Crippen LogP contribution is 2.33. The van der Waals surface area contributed by atoms with Crippen LogP contribution in [-0.2, 0) is 4.74 Å². The van der Waals surface area contributed by atoms with Crippen LogP contribution in [0.15, 0.2) is 0 Å². The van der Waals surface area contributed by atoms with Gasteiger partial charge in [-0.25, -0.2) is 0 Å². The molecule has 3 nitrogen and oxygen atoms in total. The summed E-state index contributed by atoms with van der Waals surface area (Å²) in [6.45, 7) is 5.10. The highest BCUT2D eigenvalue weighted by molar-refractivity contribution is 4.93. The van der Waals surface area contributed by atoms with E-state index in [0.717, 1.165) is 32.0 Å². The number of nitrogens with zero attached hydrogens (tertiary/aromatic N) is 1. The van der Waals surface area contributed by atoms with Crippen LogP contribution in [-0.4, -0.2) is 48.0 Å². The Labute approximate surface area is 86.0 Å². The summed E-state index contributed by atoms with van der Waals surface area (Å²) in [7, 11) is 0. The van der Waals surface area contributed by atoms with E-state index in [1.807, 2.05) is 6.92 Å². The summed E-state index contributed by atoms with van der Waals surface area (Å²) in [6.07, 6.45) is 4.74. The molecule has 14 heavy (non-hydrogen) atoms. The Hall–Kier alpha value is -0.120. The van der Waals surface area contributed by atoms with Crippen molar-refractivity contribution in [3.63, 3.8) is 0 Å². The van der Waals surface area contributed by atoms with Gasteiger partial charge in [0.25, 0.3) is 0 Å². The van der Waals surface area contributed by atoms with E-state index in [0.29, 0.717) is 6.61 Å². The molecular formula is C11H21NO2. The summed E-state index contributed by atoms with van der Waals surface area (Å²) in [5, 5.41) is 9.37. The fourth-order valence-corrected chi connectivity index (χ4v) is 2.39. The summed E-state index contributed by atoms with van der Waals surface area (Å²) < 4.78 is 5.69. The van der Waals surface area contributed by atoms with Gasteiger partial charge in [0.1, 0.15) is 0 Å². The standard InChI is InChI=1S/C11H21NO2/c1-2-14-11(9-13)5-7-12(8-6-11)10-3-4-10/h10,13H,2-9H2,1H3. The summed E-state index contributed by atoms with van der Waals surface area (Å²) in [5.74, 6) is 0. The molecule has 0 aromatic heterocycles. The monoisotopic (exact) mass is 199 g/mol. The number of aliphatic hydroxyl groups excluding tert-OH is 1. The number of hydrogen-bond acceptors (Lipinski definition) is 3. The molecule has 82 valence electrons. The minimum absolute atomic E-state index is 0.180. The van der Waals surface area contributed by atoms with E-state index in [4.69, 9.17) is 4.74 Å². The minimum Gasteiger partial charge on any atom is -0.393 e. The molecule has 1 saturated heterocycles. The van der Waals surface area contributed by atoms with E-state index >= 15 is 0 Å². The Kier molecular flexibility index (Phi) is 3.10. The van der Waals surface area contributed by atoms with Crippen LogP contribution in [0.3, 0.4) is 0 Å². The summed E-state index contributed by atoms with van der Waals surface area (Å²) in [4.78, 5) is 2.55. The van der Waals surface area contributed by atoms with Gasteiger partial charge in [-0.3, -0.25) is 0 Å². The van der Waals surface area contributed by atoms with E-state index in [2.05, 4.69) is 4.90 Å². The fraction of sp³-hybridized carbons (Fsp3) is 1.00. The van der Waals surface area contributed by atoms with E-state index in [-0.39, 0.29) is 12.2 Å². The lowest BCUT2D eigenvalue weighted by Crippen LogP contribution is -2.49. The van der Waals surface area contributed by atoms with Crippen molar-refractivity contribution in [2.45, 2.75) is 44.2 Å². The minimum atomic E-state index is -0.222. The Morgan fingerprint density at radius 2 is 2.00 bits per heavy atom. The maximum Gasteiger partial charge on any atom is 0.0936 e. The van der Waals surface area contributed by atoms with Gasteiger partial charge in [-0.05, 0) is 32.6 Å². The first-order valence-electron chi connectivity index (χ1n) is 5.78. The van der Waals surface area contributed by atoms with Crippen LogP contribution < -0.4 is 0 Å². The second-order valence-electron chi connectivity index (χ2n) is 4.54. The first kappa shape index (κ1) is 10.4. The summed E-state index contributed by atoms with van der Waals surface area (Å²) in [6, 6.07) is 0.855. The Morgan fingerprint density at radius 1 is 1.36 bits per heavy atom. The summed E-state index contributed by atoms with van der Waals surface area (Å²) >= 11 is 0. The van der Waals surface area contributed by atoms with E-state index < -0.39 is 0 Å². The molecule has 3 heteroatoms. The third kappa shape index (κ3) is 2.10. The van der Waals surface area contributed by atoms with Gasteiger partial charge in [0.05, 0.1) is 12.2 Å². The number of piperidine rings is 1. The SMILES string of the molecule is CCOC1(CO)CCN(C2CC2)CC1. The molecule has 2 fully saturated rings. The molecule has 0 unspecified atom stereocenters. The van der Waals surface area contributed by atoms with Crippen LogP contribution in [0.2, 0.25) is 0 Å². The van der Waals surface area contributed by atoms with E-state index in [1.54, 1.807) is 0 Å². The van der Waals surface area contributed by atoms with Crippen molar-refractivity contribution in [1.29, 1.82) is 0 Å². The zero-order valence-electron chi connectivity index (χ0n) is 9.04. The third-order valence-corrected chi connectivity index (χ3v) is 3.51. The molecule has 1 saturated carbocycles. The fourth-order valence-electron chi connectivity index (χ4n) is 2.39. The molecule has 2 rings (SSSR count). The maximum absolute atomic E-state index is 9.37. The first-order chi connectivity index (χ1) is 6.79. The third-order valence-electron chi connectivity index (χ3n) is 3.51. The van der Waals surface area contributed by atoms with Gasteiger partial charge in [0.2, 0.25) is 0 Å². The molecule has 0 amide bonds. The second kappa shape index (κ2) is 4.17. The van der Waals surface area contributed by atoms with Gasteiger partial charge in [-0.2, -0.15) is 0 Å². The van der Waals surface area contributed by atoms with Crippen molar-refractivity contribution < 1.29 is 9.84 Å².